The number of carbonyl (C=O) groups excluding carboxylic acids is 1. The average Bonchev–Trinajstić information content (AvgIpc) is 3.49. The Morgan fingerprint density at radius 1 is 1.29 bits per heavy atom. The van der Waals surface area contributed by atoms with E-state index in [1.54, 1.807) is 42.1 Å². The van der Waals surface area contributed by atoms with E-state index >= 15 is 0 Å². The number of amides is 1. The van der Waals surface area contributed by atoms with Crippen molar-refractivity contribution in [3.05, 3.63) is 24.8 Å². The molecule has 10 heteroatoms. The molecule has 0 spiro atoms. The first kappa shape index (κ1) is 17.8. The fourth-order valence-corrected chi connectivity index (χ4v) is 2.95. The Hall–Kier alpha value is -3.56. The van der Waals surface area contributed by atoms with Crippen LogP contribution in [-0.2, 0) is 4.79 Å². The van der Waals surface area contributed by atoms with Gasteiger partial charge in [0.2, 0.25) is 5.91 Å². The number of nitrogens with two attached hydrogens (primary N) is 1. The number of hydrogen-bond acceptors (Lipinski definition) is 8. The highest BCUT2D eigenvalue weighted by Gasteiger charge is 2.33. The number of rotatable bonds is 6. The van der Waals surface area contributed by atoms with Gasteiger partial charge in [-0.1, -0.05) is 0 Å². The lowest BCUT2D eigenvalue weighted by molar-refractivity contribution is -0.119. The summed E-state index contributed by atoms with van der Waals surface area (Å²) in [5.41, 5.74) is 7.05. The van der Waals surface area contributed by atoms with E-state index in [2.05, 4.69) is 20.4 Å². The average molecular weight is 383 g/mol. The van der Waals surface area contributed by atoms with Gasteiger partial charge in [-0.2, -0.15) is 5.10 Å². The van der Waals surface area contributed by atoms with Crippen LogP contribution in [-0.4, -0.2) is 46.7 Å². The highest BCUT2D eigenvalue weighted by Crippen LogP contribution is 2.40. The number of fused-ring (bicyclic) bond motifs is 1. The quantitative estimate of drug-likeness (QED) is 0.662. The SMILES string of the molecule is CNc1c(N)ncc(Oc2cnn3cc(N(C)C(=O)C4CC4)ncc23)c1OC. The molecule has 0 aliphatic heterocycles. The number of methoxy groups -OCH3 is 1. The molecule has 1 aliphatic rings. The fraction of sp³-hybridized carbons (Fsp3) is 0.333. The molecular formula is C18H21N7O3. The van der Waals surface area contributed by atoms with E-state index < -0.39 is 0 Å². The van der Waals surface area contributed by atoms with Gasteiger partial charge in [0.25, 0.3) is 0 Å². The molecule has 0 bridgehead atoms. The third-order valence-electron chi connectivity index (χ3n) is 4.66. The summed E-state index contributed by atoms with van der Waals surface area (Å²) < 4.78 is 13.0. The fourth-order valence-electron chi connectivity index (χ4n) is 2.95. The van der Waals surface area contributed by atoms with Gasteiger partial charge in [0.1, 0.15) is 11.2 Å². The van der Waals surface area contributed by atoms with Crippen LogP contribution in [0.3, 0.4) is 0 Å². The molecule has 0 saturated heterocycles. The van der Waals surface area contributed by atoms with Crippen LogP contribution in [0.4, 0.5) is 17.3 Å². The lowest BCUT2D eigenvalue weighted by Crippen LogP contribution is -2.28. The van der Waals surface area contributed by atoms with Gasteiger partial charge in [0, 0.05) is 20.0 Å². The minimum absolute atomic E-state index is 0.0766. The first-order valence-electron chi connectivity index (χ1n) is 8.82. The third kappa shape index (κ3) is 3.02. The van der Waals surface area contributed by atoms with Crippen molar-refractivity contribution < 1.29 is 14.3 Å². The molecule has 1 saturated carbocycles. The molecule has 1 amide bonds. The third-order valence-corrected chi connectivity index (χ3v) is 4.66. The summed E-state index contributed by atoms with van der Waals surface area (Å²) in [5, 5.41) is 7.26. The second kappa shape index (κ2) is 6.87. The molecule has 4 rings (SSSR count). The molecule has 3 N–H and O–H groups in total. The first-order valence-corrected chi connectivity index (χ1v) is 8.82. The van der Waals surface area contributed by atoms with E-state index in [-0.39, 0.29) is 11.8 Å². The number of nitrogen functional groups attached to an aromatic ring is 1. The Morgan fingerprint density at radius 3 is 2.75 bits per heavy atom. The van der Waals surface area contributed by atoms with Crippen LogP contribution in [0.2, 0.25) is 0 Å². The van der Waals surface area contributed by atoms with Gasteiger partial charge >= 0.3 is 0 Å². The number of pyridine rings is 1. The van der Waals surface area contributed by atoms with Crippen molar-refractivity contribution in [3.63, 3.8) is 0 Å². The van der Waals surface area contributed by atoms with Crippen molar-refractivity contribution in [1.29, 1.82) is 0 Å². The molecule has 146 valence electrons. The molecule has 0 atom stereocenters. The molecule has 0 aromatic carbocycles. The lowest BCUT2D eigenvalue weighted by Gasteiger charge is -2.16. The Morgan fingerprint density at radius 2 is 2.07 bits per heavy atom. The van der Waals surface area contributed by atoms with Gasteiger partial charge in [-0.3, -0.25) is 9.69 Å². The number of carbonyl (C=O) groups is 1. The van der Waals surface area contributed by atoms with Crippen LogP contribution in [0.25, 0.3) is 5.52 Å². The van der Waals surface area contributed by atoms with Crippen molar-refractivity contribution in [1.82, 2.24) is 19.6 Å². The predicted molar refractivity (Wildman–Crippen MR) is 104 cm³/mol. The Kier molecular flexibility index (Phi) is 4.38. The van der Waals surface area contributed by atoms with E-state index in [0.29, 0.717) is 40.1 Å². The zero-order valence-electron chi connectivity index (χ0n) is 15.8. The van der Waals surface area contributed by atoms with E-state index in [4.69, 9.17) is 15.2 Å². The second-order valence-electron chi connectivity index (χ2n) is 6.52. The standard InChI is InChI=1S/C18H21N7O3/c1-20-15-16(27-3)13(7-22-17(15)19)28-12-8-23-25-9-14(21-6-11(12)25)24(2)18(26)10-4-5-10/h6-10,20H,4-5H2,1-3H3,(H2,19,22). The molecule has 3 heterocycles. The van der Waals surface area contributed by atoms with Crippen molar-refractivity contribution in [3.8, 4) is 17.2 Å². The highest BCUT2D eigenvalue weighted by molar-refractivity contribution is 5.95. The molecule has 0 unspecified atom stereocenters. The van der Waals surface area contributed by atoms with Crippen LogP contribution in [0.15, 0.2) is 24.8 Å². The van der Waals surface area contributed by atoms with Gasteiger partial charge in [0.15, 0.2) is 28.9 Å². The minimum atomic E-state index is 0.0766. The van der Waals surface area contributed by atoms with Gasteiger partial charge in [-0.15, -0.1) is 0 Å². The molecule has 1 aliphatic carbocycles. The van der Waals surface area contributed by atoms with E-state index in [0.717, 1.165) is 12.8 Å². The zero-order valence-corrected chi connectivity index (χ0v) is 15.8. The topological polar surface area (TPSA) is 120 Å². The first-order chi connectivity index (χ1) is 13.5. The summed E-state index contributed by atoms with van der Waals surface area (Å²) in [5.74, 6) is 2.33. The number of nitrogens with zero attached hydrogens (tertiary/aromatic N) is 5. The maximum absolute atomic E-state index is 12.2. The van der Waals surface area contributed by atoms with Crippen molar-refractivity contribution >= 4 is 28.7 Å². The van der Waals surface area contributed by atoms with Crippen LogP contribution in [0.1, 0.15) is 12.8 Å². The number of anilines is 3. The number of ether oxygens (including phenoxy) is 2. The summed E-state index contributed by atoms with van der Waals surface area (Å²) in [6, 6.07) is 0. The summed E-state index contributed by atoms with van der Waals surface area (Å²) >= 11 is 0. The maximum atomic E-state index is 12.2. The summed E-state index contributed by atoms with van der Waals surface area (Å²) in [6.45, 7) is 0. The predicted octanol–water partition coefficient (Wildman–Crippen LogP) is 1.92. The zero-order chi connectivity index (χ0) is 19.8. The molecule has 3 aromatic rings. The van der Waals surface area contributed by atoms with Gasteiger partial charge in [-0.05, 0) is 12.8 Å². The van der Waals surface area contributed by atoms with Crippen molar-refractivity contribution in [2.75, 3.05) is 37.2 Å². The molecule has 28 heavy (non-hydrogen) atoms. The van der Waals surface area contributed by atoms with Gasteiger partial charge in [0.05, 0.1) is 31.9 Å². The summed E-state index contributed by atoms with van der Waals surface area (Å²) in [4.78, 5) is 22.3. The number of nitrogens with one attached hydrogen (secondary N) is 1. The lowest BCUT2D eigenvalue weighted by atomic mass is 10.3. The Labute approximate surface area is 161 Å². The van der Waals surface area contributed by atoms with Gasteiger partial charge in [-0.25, -0.2) is 14.5 Å². The molecule has 0 radical (unpaired) electrons. The van der Waals surface area contributed by atoms with E-state index in [1.807, 2.05) is 0 Å². The smallest absolute Gasteiger partial charge is 0.231 e. The molecule has 3 aromatic heterocycles. The number of hydrogen-bond donors (Lipinski definition) is 2. The van der Waals surface area contributed by atoms with Crippen LogP contribution >= 0.6 is 0 Å². The maximum Gasteiger partial charge on any atom is 0.231 e. The Balaban J connectivity index is 1.65. The van der Waals surface area contributed by atoms with Crippen LogP contribution in [0.5, 0.6) is 17.2 Å². The number of aromatic nitrogens is 4. The minimum Gasteiger partial charge on any atom is -0.491 e. The van der Waals surface area contributed by atoms with Gasteiger partial charge < -0.3 is 20.5 Å². The van der Waals surface area contributed by atoms with Crippen LogP contribution in [0, 0.1) is 5.92 Å². The Bertz CT molecular complexity index is 1050. The molecule has 10 nitrogen and oxygen atoms in total. The highest BCUT2D eigenvalue weighted by atomic mass is 16.5. The van der Waals surface area contributed by atoms with Crippen LogP contribution < -0.4 is 25.4 Å². The largest absolute Gasteiger partial charge is 0.491 e. The monoisotopic (exact) mass is 383 g/mol. The van der Waals surface area contributed by atoms with E-state index in [1.165, 1.54) is 13.3 Å². The van der Waals surface area contributed by atoms with E-state index in [9.17, 15) is 4.79 Å². The second-order valence-corrected chi connectivity index (χ2v) is 6.52. The molecular weight excluding hydrogens is 362 g/mol. The summed E-state index contributed by atoms with van der Waals surface area (Å²) in [7, 11) is 4.97. The van der Waals surface area contributed by atoms with Crippen molar-refractivity contribution in [2.45, 2.75) is 12.8 Å². The van der Waals surface area contributed by atoms with Crippen molar-refractivity contribution in [2.24, 2.45) is 5.92 Å². The normalized spacial score (nSPS) is 13.4. The molecule has 1 fully saturated rings. The summed E-state index contributed by atoms with van der Waals surface area (Å²) in [6.07, 6.45) is 8.25.